The van der Waals surface area contributed by atoms with Crippen LogP contribution in [0.2, 0.25) is 0 Å². The number of Topliss-reactive ketones (excluding diaryl/α,β-unsaturated/α-hetero) is 1. The molecule has 1 aliphatic heterocycles. The van der Waals surface area contributed by atoms with Crippen molar-refractivity contribution < 1.29 is 38.4 Å². The number of methoxy groups -OCH3 is 5. The SMILES string of the molecule is COc1cccc(C(O)=C2C(=O)C(=O)N(c3nc4ccc(OC)cc4s3)C2c2cc(OC)c(OC)c(OC)c2)c1. The summed E-state index contributed by atoms with van der Waals surface area (Å²) in [6, 6.07) is 14.1. The number of amides is 1. The Morgan fingerprint density at radius 2 is 1.52 bits per heavy atom. The third-order valence-corrected chi connectivity index (χ3v) is 7.60. The average Bonchev–Trinajstić information content (AvgIpc) is 3.53. The first-order chi connectivity index (χ1) is 19.3. The van der Waals surface area contributed by atoms with Gasteiger partial charge in [-0.3, -0.25) is 14.5 Å². The van der Waals surface area contributed by atoms with E-state index >= 15 is 0 Å². The van der Waals surface area contributed by atoms with E-state index in [1.165, 1.54) is 44.7 Å². The van der Waals surface area contributed by atoms with Gasteiger partial charge in [0.2, 0.25) is 5.75 Å². The second-order valence-electron chi connectivity index (χ2n) is 8.69. The summed E-state index contributed by atoms with van der Waals surface area (Å²) in [5.74, 6) is 0.0133. The number of ether oxygens (including phenoxy) is 5. The zero-order valence-electron chi connectivity index (χ0n) is 22.4. The van der Waals surface area contributed by atoms with Gasteiger partial charge in [0.05, 0.1) is 57.4 Å². The van der Waals surface area contributed by atoms with Gasteiger partial charge in [0.1, 0.15) is 17.3 Å². The number of aliphatic hydroxyl groups is 1. The van der Waals surface area contributed by atoms with Gasteiger partial charge in [-0.05, 0) is 48.0 Å². The molecule has 2 heterocycles. The van der Waals surface area contributed by atoms with E-state index in [9.17, 15) is 14.7 Å². The third-order valence-electron chi connectivity index (χ3n) is 6.58. The van der Waals surface area contributed by atoms with E-state index < -0.39 is 17.7 Å². The zero-order chi connectivity index (χ0) is 28.6. The van der Waals surface area contributed by atoms with E-state index in [1.54, 1.807) is 61.7 Å². The van der Waals surface area contributed by atoms with Crippen LogP contribution in [0.25, 0.3) is 16.0 Å². The molecule has 0 bridgehead atoms. The van der Waals surface area contributed by atoms with Crippen molar-refractivity contribution >= 4 is 44.1 Å². The predicted octanol–water partition coefficient (Wildman–Crippen LogP) is 4.97. The maximum Gasteiger partial charge on any atom is 0.301 e. The van der Waals surface area contributed by atoms with E-state index in [1.807, 2.05) is 0 Å². The van der Waals surface area contributed by atoms with E-state index in [4.69, 9.17) is 23.7 Å². The molecule has 206 valence electrons. The lowest BCUT2D eigenvalue weighted by molar-refractivity contribution is -0.132. The summed E-state index contributed by atoms with van der Waals surface area (Å²) >= 11 is 1.22. The summed E-state index contributed by atoms with van der Waals surface area (Å²) in [5.41, 5.74) is 1.25. The minimum absolute atomic E-state index is 0.121. The molecule has 1 fully saturated rings. The third kappa shape index (κ3) is 4.43. The number of thiazole rings is 1. The number of ketones is 1. The Balaban J connectivity index is 1.78. The number of anilines is 1. The van der Waals surface area contributed by atoms with Gasteiger partial charge < -0.3 is 28.8 Å². The fraction of sp³-hybridized carbons (Fsp3) is 0.207. The molecule has 4 aromatic rings. The summed E-state index contributed by atoms with van der Waals surface area (Å²) in [6.45, 7) is 0. The van der Waals surface area contributed by atoms with Crippen molar-refractivity contribution in [1.82, 2.24) is 4.98 Å². The number of carbonyl (C=O) groups excluding carboxylic acids is 2. The second-order valence-corrected chi connectivity index (χ2v) is 9.70. The van der Waals surface area contributed by atoms with Gasteiger partial charge in [-0.25, -0.2) is 4.98 Å². The normalized spacial score (nSPS) is 16.3. The van der Waals surface area contributed by atoms with Crippen LogP contribution in [-0.4, -0.2) is 57.3 Å². The molecule has 1 saturated heterocycles. The summed E-state index contributed by atoms with van der Waals surface area (Å²) in [6.07, 6.45) is 0. The van der Waals surface area contributed by atoms with Crippen molar-refractivity contribution in [3.05, 3.63) is 71.3 Å². The lowest BCUT2D eigenvalue weighted by Gasteiger charge is -2.24. The number of nitrogens with zero attached hydrogens (tertiary/aromatic N) is 2. The van der Waals surface area contributed by atoms with Crippen molar-refractivity contribution in [2.75, 3.05) is 40.4 Å². The van der Waals surface area contributed by atoms with Crippen molar-refractivity contribution in [1.29, 1.82) is 0 Å². The first-order valence-electron chi connectivity index (χ1n) is 12.0. The minimum atomic E-state index is -1.07. The van der Waals surface area contributed by atoms with Crippen LogP contribution in [0.15, 0.2) is 60.2 Å². The number of benzene rings is 3. The van der Waals surface area contributed by atoms with Crippen LogP contribution < -0.4 is 28.6 Å². The molecule has 1 atom stereocenters. The molecular weight excluding hydrogens is 536 g/mol. The van der Waals surface area contributed by atoms with Crippen LogP contribution in [0.3, 0.4) is 0 Å². The Labute approximate surface area is 233 Å². The molecule has 1 amide bonds. The first-order valence-corrected chi connectivity index (χ1v) is 12.9. The topological polar surface area (TPSA) is 117 Å². The highest BCUT2D eigenvalue weighted by Crippen LogP contribution is 2.48. The number of fused-ring (bicyclic) bond motifs is 1. The smallest absolute Gasteiger partial charge is 0.301 e. The standard InChI is InChI=1S/C29H26N2O8S/c1-35-17-8-6-7-15(11-17)25(32)23-24(16-12-20(37-3)27(39-5)21(13-16)38-4)31(28(34)26(23)33)29-30-19-10-9-18(36-2)14-22(19)40-29/h6-14,24,32H,1-5H3. The van der Waals surface area contributed by atoms with Gasteiger partial charge in [-0.1, -0.05) is 23.5 Å². The lowest BCUT2D eigenvalue weighted by Crippen LogP contribution is -2.29. The average molecular weight is 563 g/mol. The lowest BCUT2D eigenvalue weighted by atomic mass is 9.94. The highest BCUT2D eigenvalue weighted by molar-refractivity contribution is 7.22. The summed E-state index contributed by atoms with van der Waals surface area (Å²) in [4.78, 5) is 33.2. The Morgan fingerprint density at radius 1 is 0.850 bits per heavy atom. The van der Waals surface area contributed by atoms with E-state index in [-0.39, 0.29) is 16.5 Å². The van der Waals surface area contributed by atoms with Gasteiger partial charge in [0, 0.05) is 5.56 Å². The van der Waals surface area contributed by atoms with Gasteiger partial charge in [0.15, 0.2) is 16.6 Å². The van der Waals surface area contributed by atoms with Crippen LogP contribution in [0.5, 0.6) is 28.7 Å². The van der Waals surface area contributed by atoms with Crippen molar-refractivity contribution in [2.24, 2.45) is 0 Å². The summed E-state index contributed by atoms with van der Waals surface area (Å²) < 4.78 is 27.9. The molecule has 1 N–H and O–H groups in total. The number of hydrogen-bond acceptors (Lipinski definition) is 10. The van der Waals surface area contributed by atoms with E-state index in [2.05, 4.69) is 4.98 Å². The molecule has 1 aromatic heterocycles. The molecule has 0 radical (unpaired) electrons. The van der Waals surface area contributed by atoms with Crippen LogP contribution in [0.4, 0.5) is 5.13 Å². The molecule has 1 aliphatic rings. The predicted molar refractivity (Wildman–Crippen MR) is 150 cm³/mol. The highest BCUT2D eigenvalue weighted by atomic mass is 32.1. The molecule has 1 unspecified atom stereocenters. The fourth-order valence-corrected chi connectivity index (χ4v) is 5.67. The molecule has 10 nitrogen and oxygen atoms in total. The van der Waals surface area contributed by atoms with Crippen LogP contribution in [0.1, 0.15) is 17.2 Å². The monoisotopic (exact) mass is 562 g/mol. The fourth-order valence-electron chi connectivity index (χ4n) is 4.65. The van der Waals surface area contributed by atoms with Gasteiger partial charge >= 0.3 is 5.91 Å². The molecule has 0 spiro atoms. The van der Waals surface area contributed by atoms with E-state index in [0.717, 1.165) is 4.70 Å². The minimum Gasteiger partial charge on any atom is -0.507 e. The van der Waals surface area contributed by atoms with Crippen molar-refractivity contribution in [2.45, 2.75) is 6.04 Å². The molecule has 11 heteroatoms. The van der Waals surface area contributed by atoms with Gasteiger partial charge in [-0.15, -0.1) is 0 Å². The molecule has 40 heavy (non-hydrogen) atoms. The summed E-state index contributed by atoms with van der Waals surface area (Å²) in [5, 5.41) is 11.8. The largest absolute Gasteiger partial charge is 0.507 e. The first kappa shape index (κ1) is 26.8. The number of rotatable bonds is 8. The summed E-state index contributed by atoms with van der Waals surface area (Å²) in [7, 11) is 7.47. The van der Waals surface area contributed by atoms with Gasteiger partial charge in [0.25, 0.3) is 5.78 Å². The molecule has 0 saturated carbocycles. The zero-order valence-corrected chi connectivity index (χ0v) is 23.2. The quantitative estimate of drug-likeness (QED) is 0.181. The number of aromatic nitrogens is 1. The Morgan fingerprint density at radius 3 is 2.15 bits per heavy atom. The Hall–Kier alpha value is -4.77. The number of carbonyl (C=O) groups is 2. The van der Waals surface area contributed by atoms with Crippen LogP contribution in [-0.2, 0) is 9.59 Å². The maximum atomic E-state index is 13.7. The van der Waals surface area contributed by atoms with Gasteiger partial charge in [-0.2, -0.15) is 0 Å². The highest BCUT2D eigenvalue weighted by Gasteiger charge is 2.48. The number of aliphatic hydroxyl groups excluding tert-OH is 1. The van der Waals surface area contributed by atoms with Crippen molar-refractivity contribution in [3.8, 4) is 28.7 Å². The molecule has 0 aliphatic carbocycles. The Kier molecular flexibility index (Phi) is 7.22. The molecular formula is C29H26N2O8S. The maximum absolute atomic E-state index is 13.7. The second kappa shape index (κ2) is 10.8. The molecule has 3 aromatic carbocycles. The Bertz CT molecular complexity index is 1640. The molecule has 5 rings (SSSR count). The van der Waals surface area contributed by atoms with Crippen LogP contribution >= 0.6 is 11.3 Å². The number of hydrogen-bond donors (Lipinski definition) is 1. The van der Waals surface area contributed by atoms with Crippen LogP contribution in [0, 0.1) is 0 Å². The van der Waals surface area contributed by atoms with Crippen molar-refractivity contribution in [3.63, 3.8) is 0 Å². The van der Waals surface area contributed by atoms with E-state index in [0.29, 0.717) is 45.4 Å².